The number of rotatable bonds is 0. The first-order chi connectivity index (χ1) is 6.27. The highest BCUT2D eigenvalue weighted by atomic mass is 32.2. The minimum absolute atomic E-state index is 0.00221. The van der Waals surface area contributed by atoms with Gasteiger partial charge in [-0.2, -0.15) is 4.72 Å². The quantitative estimate of drug-likeness (QED) is 0.450. The molecule has 4 heteroatoms. The maximum absolute atomic E-state index is 11.6. The van der Waals surface area contributed by atoms with Crippen molar-refractivity contribution in [1.82, 2.24) is 4.72 Å². The minimum Gasteiger partial charge on any atom is -0.593 e. The number of hydrogen-bond donors (Lipinski definition) is 1. The molecule has 2 fully saturated rings. The van der Waals surface area contributed by atoms with Crippen LogP contribution in [0.1, 0.15) is 12.8 Å². The molecule has 0 aromatic heterocycles. The minimum atomic E-state index is -1.12. The number of carbonyl (C=O) groups excluding carboxylic acids is 1. The highest BCUT2D eigenvalue weighted by Crippen LogP contribution is 2.46. The average molecular weight is 197 g/mol. The summed E-state index contributed by atoms with van der Waals surface area (Å²) in [5, 5.41) is 0.0660. The molecule has 1 N–H and O–H groups in total. The highest BCUT2D eigenvalue weighted by molar-refractivity contribution is 7.91. The zero-order valence-corrected chi connectivity index (χ0v) is 7.92. The van der Waals surface area contributed by atoms with Crippen molar-refractivity contribution >= 4 is 17.3 Å². The third kappa shape index (κ3) is 0.929. The van der Waals surface area contributed by atoms with Crippen molar-refractivity contribution < 1.29 is 9.35 Å². The van der Waals surface area contributed by atoms with Gasteiger partial charge in [0.15, 0.2) is 5.25 Å². The van der Waals surface area contributed by atoms with Gasteiger partial charge in [-0.05, 0) is 18.8 Å². The van der Waals surface area contributed by atoms with E-state index in [2.05, 4.69) is 16.9 Å². The van der Waals surface area contributed by atoms with Crippen LogP contribution < -0.4 is 4.72 Å². The Morgan fingerprint density at radius 2 is 2.08 bits per heavy atom. The van der Waals surface area contributed by atoms with Crippen LogP contribution in [0.3, 0.4) is 0 Å². The van der Waals surface area contributed by atoms with Gasteiger partial charge >= 0.3 is 0 Å². The second-order valence-electron chi connectivity index (χ2n) is 4.04. The Kier molecular flexibility index (Phi) is 1.52. The van der Waals surface area contributed by atoms with Gasteiger partial charge in [-0.25, -0.2) is 0 Å². The van der Waals surface area contributed by atoms with E-state index in [-0.39, 0.29) is 17.1 Å². The maximum Gasteiger partial charge on any atom is 0.270 e. The van der Waals surface area contributed by atoms with Crippen LogP contribution >= 0.6 is 0 Å². The van der Waals surface area contributed by atoms with Gasteiger partial charge < -0.3 is 4.55 Å². The SMILES string of the molecule is O=C1N[S+]([O-])[C@H]2[C@@H]1[C@H]1C=C[C@@H]2CC1. The third-order valence-electron chi connectivity index (χ3n) is 3.43. The lowest BCUT2D eigenvalue weighted by atomic mass is 9.68. The first kappa shape index (κ1) is 7.88. The molecule has 2 bridgehead atoms. The molecule has 0 aromatic rings. The zero-order valence-electron chi connectivity index (χ0n) is 7.10. The summed E-state index contributed by atoms with van der Waals surface area (Å²) >= 11 is -1.12. The monoisotopic (exact) mass is 197 g/mol. The van der Waals surface area contributed by atoms with E-state index in [9.17, 15) is 9.35 Å². The molecule has 1 aliphatic heterocycles. The molecule has 1 heterocycles. The van der Waals surface area contributed by atoms with Crippen molar-refractivity contribution in [2.45, 2.75) is 18.1 Å². The summed E-state index contributed by atoms with van der Waals surface area (Å²) in [4.78, 5) is 11.5. The normalized spacial score (nSPS) is 52.1. The van der Waals surface area contributed by atoms with E-state index in [1.165, 1.54) is 0 Å². The fourth-order valence-corrected chi connectivity index (χ4v) is 4.42. The molecule has 0 spiro atoms. The number of nitrogens with one attached hydrogen (secondary N) is 1. The second kappa shape index (κ2) is 2.51. The van der Waals surface area contributed by atoms with Crippen LogP contribution in [0.4, 0.5) is 0 Å². The first-order valence-electron chi connectivity index (χ1n) is 4.67. The Morgan fingerprint density at radius 3 is 2.69 bits per heavy atom. The third-order valence-corrected chi connectivity index (χ3v) is 4.97. The summed E-state index contributed by atoms with van der Waals surface area (Å²) in [6.07, 6.45) is 6.47. The Morgan fingerprint density at radius 1 is 1.38 bits per heavy atom. The van der Waals surface area contributed by atoms with Crippen LogP contribution in [0.15, 0.2) is 12.2 Å². The molecule has 1 unspecified atom stereocenters. The molecule has 70 valence electrons. The van der Waals surface area contributed by atoms with Gasteiger partial charge in [0.1, 0.15) is 0 Å². The van der Waals surface area contributed by atoms with E-state index in [1.54, 1.807) is 0 Å². The Bertz CT molecular complexity index is 291. The standard InChI is InChI=1S/C9H11NO2S/c11-9-7-5-1-3-6(4-2-5)8(7)13(12)10-9/h1,3,5-8H,2,4H2,(H,10,11)/t5-,6+,7-,8+,13?/m0/s1. The molecule has 3 aliphatic carbocycles. The zero-order chi connectivity index (χ0) is 9.00. The summed E-state index contributed by atoms with van der Waals surface area (Å²) in [5.41, 5.74) is 0. The topological polar surface area (TPSA) is 52.2 Å². The van der Waals surface area contributed by atoms with Gasteiger partial charge in [0.05, 0.1) is 17.3 Å². The van der Waals surface area contributed by atoms with Crippen molar-refractivity contribution in [3.8, 4) is 0 Å². The van der Waals surface area contributed by atoms with Gasteiger partial charge in [0.2, 0.25) is 0 Å². The molecule has 5 atom stereocenters. The van der Waals surface area contributed by atoms with Crippen molar-refractivity contribution in [2.24, 2.45) is 17.8 Å². The van der Waals surface area contributed by atoms with Crippen LogP contribution in [0.2, 0.25) is 0 Å². The van der Waals surface area contributed by atoms with Crippen LogP contribution in [0, 0.1) is 17.8 Å². The lowest BCUT2D eigenvalue weighted by Crippen LogP contribution is -2.42. The van der Waals surface area contributed by atoms with Gasteiger partial charge in [-0.3, -0.25) is 4.79 Å². The van der Waals surface area contributed by atoms with Gasteiger partial charge in [-0.15, -0.1) is 0 Å². The van der Waals surface area contributed by atoms with E-state index in [0.29, 0.717) is 11.8 Å². The van der Waals surface area contributed by atoms with Crippen LogP contribution in [0.25, 0.3) is 0 Å². The predicted octanol–water partition coefficient (Wildman–Crippen LogP) is 0.361. The van der Waals surface area contributed by atoms with Crippen LogP contribution in [-0.2, 0) is 16.2 Å². The molecule has 4 aliphatic rings. The Balaban J connectivity index is 2.02. The van der Waals surface area contributed by atoms with E-state index in [1.807, 2.05) is 0 Å². The smallest absolute Gasteiger partial charge is 0.270 e. The van der Waals surface area contributed by atoms with Gasteiger partial charge in [0, 0.05) is 5.92 Å². The van der Waals surface area contributed by atoms with Crippen molar-refractivity contribution in [2.75, 3.05) is 0 Å². The number of amides is 1. The van der Waals surface area contributed by atoms with Crippen LogP contribution in [0.5, 0.6) is 0 Å². The van der Waals surface area contributed by atoms with E-state index in [4.69, 9.17) is 0 Å². The number of allylic oxidation sites excluding steroid dienone is 2. The highest BCUT2D eigenvalue weighted by Gasteiger charge is 2.56. The molecule has 1 saturated carbocycles. The molecule has 0 aromatic carbocycles. The summed E-state index contributed by atoms with van der Waals surface area (Å²) in [6, 6.07) is 0. The van der Waals surface area contributed by atoms with Crippen molar-refractivity contribution in [3.05, 3.63) is 12.2 Å². The number of carbonyl (C=O) groups is 1. The molecule has 0 radical (unpaired) electrons. The summed E-state index contributed by atoms with van der Waals surface area (Å²) in [7, 11) is 0. The van der Waals surface area contributed by atoms with E-state index >= 15 is 0 Å². The number of hydrogen-bond acceptors (Lipinski definition) is 2. The molecule has 13 heavy (non-hydrogen) atoms. The molecule has 1 amide bonds. The van der Waals surface area contributed by atoms with Gasteiger partial charge in [-0.1, -0.05) is 12.2 Å². The molecule has 3 nitrogen and oxygen atoms in total. The predicted molar refractivity (Wildman–Crippen MR) is 48.9 cm³/mol. The fourth-order valence-electron chi connectivity index (χ4n) is 2.82. The van der Waals surface area contributed by atoms with Crippen LogP contribution in [-0.4, -0.2) is 15.7 Å². The average Bonchev–Trinajstić information content (AvgIpc) is 2.47. The summed E-state index contributed by atoms with van der Waals surface area (Å²) in [5.74, 6) is 0.725. The summed E-state index contributed by atoms with van der Waals surface area (Å²) < 4.78 is 14.1. The molecular weight excluding hydrogens is 186 g/mol. The lowest BCUT2D eigenvalue weighted by molar-refractivity contribution is -0.124. The van der Waals surface area contributed by atoms with Gasteiger partial charge in [0.25, 0.3) is 5.91 Å². The summed E-state index contributed by atoms with van der Waals surface area (Å²) in [6.45, 7) is 0. The Hall–Kier alpha value is -0.480. The molecular formula is C9H11NO2S. The second-order valence-corrected chi connectivity index (χ2v) is 5.39. The molecule has 4 rings (SSSR count). The van der Waals surface area contributed by atoms with Crippen molar-refractivity contribution in [1.29, 1.82) is 0 Å². The molecule has 1 saturated heterocycles. The number of fused-ring (bicyclic) bond motifs is 1. The largest absolute Gasteiger partial charge is 0.593 e. The first-order valence-corrected chi connectivity index (χ1v) is 5.88. The van der Waals surface area contributed by atoms with Crippen molar-refractivity contribution in [3.63, 3.8) is 0 Å². The Labute approximate surface area is 79.9 Å². The maximum atomic E-state index is 11.6. The lowest BCUT2D eigenvalue weighted by Gasteiger charge is -2.37. The van der Waals surface area contributed by atoms with E-state index < -0.39 is 11.4 Å². The fraction of sp³-hybridized carbons (Fsp3) is 0.667. The van der Waals surface area contributed by atoms with E-state index in [0.717, 1.165) is 12.8 Å².